The van der Waals surface area contributed by atoms with Gasteiger partial charge in [0.05, 0.1) is 0 Å². The molecule has 0 bridgehead atoms. The Morgan fingerprint density at radius 3 is 2.23 bits per heavy atom. The molecule has 4 rings (SSSR count). The summed E-state index contributed by atoms with van der Waals surface area (Å²) >= 11 is 0. The lowest BCUT2D eigenvalue weighted by molar-refractivity contribution is 0.188. The highest BCUT2D eigenvalue weighted by Crippen LogP contribution is 2.27. The van der Waals surface area contributed by atoms with Crippen molar-refractivity contribution in [2.75, 3.05) is 42.9 Å². The van der Waals surface area contributed by atoms with Crippen LogP contribution in [0.3, 0.4) is 0 Å². The fourth-order valence-corrected chi connectivity index (χ4v) is 4.24. The first kappa shape index (κ1) is 17.3. The van der Waals surface area contributed by atoms with Crippen LogP contribution in [0.5, 0.6) is 0 Å². The minimum Gasteiger partial charge on any atom is -0.369 e. The molecule has 0 unspecified atom stereocenters. The molecule has 2 fully saturated rings. The average molecular weight is 351 g/mol. The van der Waals surface area contributed by atoms with E-state index in [0.29, 0.717) is 6.04 Å². The Labute approximate surface area is 156 Å². The van der Waals surface area contributed by atoms with Gasteiger partial charge in [-0.25, -0.2) is 9.97 Å². The van der Waals surface area contributed by atoms with Gasteiger partial charge >= 0.3 is 0 Å². The van der Waals surface area contributed by atoms with Crippen molar-refractivity contribution in [3.63, 3.8) is 0 Å². The SMILES string of the molecule is c1ccc(N2CCN(CC3CCC(Nc4ncccn4)CC3)CC2)cc1. The van der Waals surface area contributed by atoms with Crippen LogP contribution in [-0.4, -0.2) is 53.6 Å². The van der Waals surface area contributed by atoms with E-state index < -0.39 is 0 Å². The third-order valence-electron chi connectivity index (χ3n) is 5.76. The minimum absolute atomic E-state index is 0.531. The Balaban J connectivity index is 1.18. The number of aromatic nitrogens is 2. The summed E-state index contributed by atoms with van der Waals surface area (Å²) in [6.45, 7) is 5.92. The van der Waals surface area contributed by atoms with E-state index in [0.717, 1.165) is 25.0 Å². The molecule has 0 radical (unpaired) electrons. The Morgan fingerprint density at radius 1 is 0.846 bits per heavy atom. The molecule has 0 spiro atoms. The molecule has 5 nitrogen and oxygen atoms in total. The van der Waals surface area contributed by atoms with Gasteiger partial charge in [0.1, 0.15) is 0 Å². The van der Waals surface area contributed by atoms with Crippen LogP contribution in [0.1, 0.15) is 25.7 Å². The van der Waals surface area contributed by atoms with Crippen LogP contribution in [0.25, 0.3) is 0 Å². The van der Waals surface area contributed by atoms with E-state index in [9.17, 15) is 0 Å². The Kier molecular flexibility index (Phi) is 5.65. The third kappa shape index (κ3) is 4.52. The van der Waals surface area contributed by atoms with Crippen LogP contribution in [0.2, 0.25) is 0 Å². The summed E-state index contributed by atoms with van der Waals surface area (Å²) in [5, 5.41) is 3.49. The molecule has 1 aliphatic carbocycles. The molecule has 5 heteroatoms. The first-order valence-corrected chi connectivity index (χ1v) is 9.93. The third-order valence-corrected chi connectivity index (χ3v) is 5.76. The molecule has 2 aliphatic rings. The second kappa shape index (κ2) is 8.49. The number of nitrogens with one attached hydrogen (secondary N) is 1. The highest BCUT2D eigenvalue weighted by molar-refractivity contribution is 5.46. The maximum atomic E-state index is 4.28. The fraction of sp³-hybridized carbons (Fsp3) is 0.524. The predicted octanol–water partition coefficient (Wildman–Crippen LogP) is 3.27. The highest BCUT2D eigenvalue weighted by Gasteiger charge is 2.25. The van der Waals surface area contributed by atoms with E-state index in [2.05, 4.69) is 55.4 Å². The molecule has 1 aromatic heterocycles. The smallest absolute Gasteiger partial charge is 0.222 e. The molecule has 1 N–H and O–H groups in total. The van der Waals surface area contributed by atoms with Gasteiger partial charge in [-0.3, -0.25) is 4.90 Å². The summed E-state index contributed by atoms with van der Waals surface area (Å²) in [5.74, 6) is 1.61. The topological polar surface area (TPSA) is 44.3 Å². The van der Waals surface area contributed by atoms with Crippen LogP contribution >= 0.6 is 0 Å². The largest absolute Gasteiger partial charge is 0.369 e. The number of anilines is 2. The zero-order valence-corrected chi connectivity index (χ0v) is 15.4. The quantitative estimate of drug-likeness (QED) is 0.896. The van der Waals surface area contributed by atoms with Crippen LogP contribution in [0.4, 0.5) is 11.6 Å². The first-order chi connectivity index (χ1) is 12.9. The van der Waals surface area contributed by atoms with Gasteiger partial charge in [0.15, 0.2) is 0 Å². The van der Waals surface area contributed by atoms with Crippen molar-refractivity contribution >= 4 is 11.6 Å². The molecule has 1 saturated heterocycles. The zero-order chi connectivity index (χ0) is 17.6. The van der Waals surface area contributed by atoms with Crippen LogP contribution < -0.4 is 10.2 Å². The minimum atomic E-state index is 0.531. The van der Waals surface area contributed by atoms with Crippen molar-refractivity contribution in [2.45, 2.75) is 31.7 Å². The van der Waals surface area contributed by atoms with Crippen molar-refractivity contribution in [3.8, 4) is 0 Å². The van der Waals surface area contributed by atoms with Crippen molar-refractivity contribution in [3.05, 3.63) is 48.8 Å². The molecule has 2 heterocycles. The Bertz CT molecular complexity index is 647. The monoisotopic (exact) mass is 351 g/mol. The summed E-state index contributed by atoms with van der Waals surface area (Å²) in [5.41, 5.74) is 1.36. The van der Waals surface area contributed by atoms with Gasteiger partial charge in [0.25, 0.3) is 0 Å². The highest BCUT2D eigenvalue weighted by atomic mass is 15.3. The van der Waals surface area contributed by atoms with Gasteiger partial charge in [-0.15, -0.1) is 0 Å². The van der Waals surface area contributed by atoms with Crippen molar-refractivity contribution in [1.82, 2.24) is 14.9 Å². The summed E-state index contributed by atoms with van der Waals surface area (Å²) < 4.78 is 0. The van der Waals surface area contributed by atoms with Crippen molar-refractivity contribution < 1.29 is 0 Å². The number of hydrogen-bond donors (Lipinski definition) is 1. The molecule has 138 valence electrons. The van der Waals surface area contributed by atoms with E-state index in [1.807, 2.05) is 6.07 Å². The van der Waals surface area contributed by atoms with E-state index in [1.165, 1.54) is 51.0 Å². The number of piperazine rings is 1. The van der Waals surface area contributed by atoms with Gasteiger partial charge < -0.3 is 10.2 Å². The standard InChI is InChI=1S/C21H29N5/c1-2-5-20(6-3-1)26-15-13-25(14-16-26)17-18-7-9-19(10-8-18)24-21-22-11-4-12-23-21/h1-6,11-12,18-19H,7-10,13-17H2,(H,22,23,24). The van der Waals surface area contributed by atoms with Gasteiger partial charge in [0.2, 0.25) is 5.95 Å². The lowest BCUT2D eigenvalue weighted by atomic mass is 9.85. The summed E-state index contributed by atoms with van der Waals surface area (Å²) in [6.07, 6.45) is 8.68. The Morgan fingerprint density at radius 2 is 1.54 bits per heavy atom. The van der Waals surface area contributed by atoms with E-state index in [1.54, 1.807) is 12.4 Å². The van der Waals surface area contributed by atoms with Crippen molar-refractivity contribution in [1.29, 1.82) is 0 Å². The zero-order valence-electron chi connectivity index (χ0n) is 15.4. The van der Waals surface area contributed by atoms with Gasteiger partial charge in [-0.2, -0.15) is 0 Å². The first-order valence-electron chi connectivity index (χ1n) is 9.93. The molecular weight excluding hydrogens is 322 g/mol. The molecule has 1 saturated carbocycles. The molecule has 0 atom stereocenters. The number of rotatable bonds is 5. The molecule has 0 amide bonds. The van der Waals surface area contributed by atoms with E-state index >= 15 is 0 Å². The molecule has 1 aromatic carbocycles. The summed E-state index contributed by atoms with van der Waals surface area (Å²) in [7, 11) is 0. The van der Waals surface area contributed by atoms with Crippen LogP contribution in [0, 0.1) is 5.92 Å². The van der Waals surface area contributed by atoms with Gasteiger partial charge in [0, 0.05) is 56.8 Å². The molecule has 2 aromatic rings. The fourth-order valence-electron chi connectivity index (χ4n) is 4.24. The average Bonchev–Trinajstić information content (AvgIpc) is 2.72. The summed E-state index contributed by atoms with van der Waals surface area (Å²) in [6, 6.07) is 13.2. The molecule has 1 aliphatic heterocycles. The van der Waals surface area contributed by atoms with Crippen LogP contribution in [0.15, 0.2) is 48.8 Å². The van der Waals surface area contributed by atoms with E-state index in [-0.39, 0.29) is 0 Å². The van der Waals surface area contributed by atoms with Crippen LogP contribution in [-0.2, 0) is 0 Å². The van der Waals surface area contributed by atoms with E-state index in [4.69, 9.17) is 0 Å². The second-order valence-electron chi connectivity index (χ2n) is 7.56. The predicted molar refractivity (Wildman–Crippen MR) is 106 cm³/mol. The maximum Gasteiger partial charge on any atom is 0.222 e. The maximum absolute atomic E-state index is 4.28. The Hall–Kier alpha value is -2.14. The van der Waals surface area contributed by atoms with Gasteiger partial charge in [-0.05, 0) is 49.8 Å². The number of benzene rings is 1. The molecule has 26 heavy (non-hydrogen) atoms. The summed E-state index contributed by atoms with van der Waals surface area (Å²) in [4.78, 5) is 13.7. The number of nitrogens with zero attached hydrogens (tertiary/aromatic N) is 4. The second-order valence-corrected chi connectivity index (χ2v) is 7.56. The van der Waals surface area contributed by atoms with Crippen molar-refractivity contribution in [2.24, 2.45) is 5.92 Å². The lowest BCUT2D eigenvalue weighted by Gasteiger charge is -2.39. The van der Waals surface area contributed by atoms with Gasteiger partial charge in [-0.1, -0.05) is 18.2 Å². The normalized spacial score (nSPS) is 24.4. The number of hydrogen-bond acceptors (Lipinski definition) is 5. The molecular formula is C21H29N5. The number of para-hydroxylation sites is 1. The lowest BCUT2D eigenvalue weighted by Crippen LogP contribution is -2.48.